The molecule has 0 saturated carbocycles. The van der Waals surface area contributed by atoms with Gasteiger partial charge in [-0.05, 0) is 30.3 Å². The summed E-state index contributed by atoms with van der Waals surface area (Å²) in [7, 11) is 0. The molecule has 23 heavy (non-hydrogen) atoms. The Morgan fingerprint density at radius 2 is 2.00 bits per heavy atom. The van der Waals surface area contributed by atoms with Crippen LogP contribution in [0.25, 0.3) is 0 Å². The molecule has 1 N–H and O–H groups in total. The lowest BCUT2D eigenvalue weighted by Crippen LogP contribution is -2.32. The van der Waals surface area contributed by atoms with Crippen LogP contribution in [0.15, 0.2) is 55.4 Å². The molecule has 0 unspecified atom stereocenters. The fraction of sp³-hybridized carbons (Fsp3) is 0.0625. The minimum atomic E-state index is -0.527. The number of nitrogens with one attached hydrogen (secondary N) is 1. The van der Waals surface area contributed by atoms with Gasteiger partial charge in [0.25, 0.3) is 11.8 Å². The molecular formula is C16H13N4O3. The van der Waals surface area contributed by atoms with E-state index < -0.39 is 11.8 Å². The zero-order valence-electron chi connectivity index (χ0n) is 12.1. The van der Waals surface area contributed by atoms with Gasteiger partial charge in [0.15, 0.2) is 5.82 Å². The van der Waals surface area contributed by atoms with E-state index in [1.807, 2.05) is 0 Å². The Hall–Kier alpha value is -3.35. The van der Waals surface area contributed by atoms with Gasteiger partial charge in [-0.3, -0.25) is 24.3 Å². The largest absolute Gasteiger partial charge is 0.317 e. The summed E-state index contributed by atoms with van der Waals surface area (Å²) in [5.74, 6) is -0.855. The molecule has 0 fully saturated rings. The van der Waals surface area contributed by atoms with E-state index in [0.29, 0.717) is 0 Å². The van der Waals surface area contributed by atoms with Gasteiger partial charge >= 0.3 is 0 Å². The van der Waals surface area contributed by atoms with E-state index in [4.69, 9.17) is 0 Å². The van der Waals surface area contributed by atoms with Crippen LogP contribution in [0.5, 0.6) is 0 Å². The van der Waals surface area contributed by atoms with Crippen molar-refractivity contribution in [3.05, 3.63) is 61.1 Å². The van der Waals surface area contributed by atoms with Crippen LogP contribution in [0.4, 0.5) is 11.5 Å². The number of rotatable bonds is 6. The Kier molecular flexibility index (Phi) is 5.30. The zero-order chi connectivity index (χ0) is 16.7. The van der Waals surface area contributed by atoms with Crippen molar-refractivity contribution >= 4 is 29.6 Å². The maximum absolute atomic E-state index is 12.2. The van der Waals surface area contributed by atoms with E-state index in [1.165, 1.54) is 12.4 Å². The number of aromatic nitrogens is 2. The van der Waals surface area contributed by atoms with Crippen molar-refractivity contribution in [2.45, 2.75) is 0 Å². The lowest BCUT2D eigenvalue weighted by atomic mass is 10.3. The van der Waals surface area contributed by atoms with Crippen molar-refractivity contribution in [1.29, 1.82) is 0 Å². The SMILES string of the molecule is C=CC(=O)N(C[C]=O)c1ncccc1NC(=O)c1ccccn1. The number of carbonyl (C=O) groups is 2. The Morgan fingerprint density at radius 3 is 2.65 bits per heavy atom. The van der Waals surface area contributed by atoms with Gasteiger partial charge in [0, 0.05) is 12.4 Å². The molecule has 0 spiro atoms. The molecule has 2 rings (SSSR count). The highest BCUT2D eigenvalue weighted by atomic mass is 16.2. The molecule has 7 nitrogen and oxygen atoms in total. The number of anilines is 2. The fourth-order valence-electron chi connectivity index (χ4n) is 1.82. The summed E-state index contributed by atoms with van der Waals surface area (Å²) in [6, 6.07) is 8.09. The summed E-state index contributed by atoms with van der Waals surface area (Å²) in [4.78, 5) is 43.8. The lowest BCUT2D eigenvalue weighted by molar-refractivity contribution is -0.114. The molecule has 0 saturated heterocycles. The average molecular weight is 309 g/mol. The highest BCUT2D eigenvalue weighted by molar-refractivity contribution is 6.08. The molecule has 0 aliphatic rings. The smallest absolute Gasteiger partial charge is 0.274 e. The molecule has 2 heterocycles. The second-order valence-electron chi connectivity index (χ2n) is 4.32. The maximum Gasteiger partial charge on any atom is 0.274 e. The molecule has 0 aliphatic carbocycles. The average Bonchev–Trinajstić information content (AvgIpc) is 2.60. The van der Waals surface area contributed by atoms with Crippen LogP contribution >= 0.6 is 0 Å². The van der Waals surface area contributed by atoms with Gasteiger partial charge in [0.2, 0.25) is 6.29 Å². The van der Waals surface area contributed by atoms with Crippen molar-refractivity contribution in [2.75, 3.05) is 16.8 Å². The molecule has 1 radical (unpaired) electrons. The molecule has 0 aromatic carbocycles. The summed E-state index contributed by atoms with van der Waals surface area (Å²) in [5, 5.41) is 2.62. The molecule has 0 aliphatic heterocycles. The normalized spacial score (nSPS) is 9.74. The minimum Gasteiger partial charge on any atom is -0.317 e. The van der Waals surface area contributed by atoms with Crippen LogP contribution in [-0.4, -0.2) is 34.6 Å². The van der Waals surface area contributed by atoms with E-state index in [2.05, 4.69) is 21.9 Å². The first-order valence-corrected chi connectivity index (χ1v) is 6.63. The summed E-state index contributed by atoms with van der Waals surface area (Å²) in [6.07, 6.45) is 5.63. The fourth-order valence-corrected chi connectivity index (χ4v) is 1.82. The second kappa shape index (κ2) is 7.60. The van der Waals surface area contributed by atoms with Crippen molar-refractivity contribution < 1.29 is 14.4 Å². The molecule has 115 valence electrons. The van der Waals surface area contributed by atoms with Crippen LogP contribution in [0.3, 0.4) is 0 Å². The summed E-state index contributed by atoms with van der Waals surface area (Å²) < 4.78 is 0. The number of carbonyl (C=O) groups excluding carboxylic acids is 3. The van der Waals surface area contributed by atoms with Crippen molar-refractivity contribution in [3.63, 3.8) is 0 Å². The topological polar surface area (TPSA) is 92.3 Å². The standard InChI is InChI=1S/C16H13N4O3/c1-2-14(22)20(10-11-21)15-12(7-5-9-18-15)19-16(23)13-6-3-4-8-17-13/h2-9H,1,10H2,(H,19,23). The quantitative estimate of drug-likeness (QED) is 0.813. The van der Waals surface area contributed by atoms with Crippen molar-refractivity contribution in [3.8, 4) is 0 Å². The molecule has 7 heteroatoms. The molecule has 0 bridgehead atoms. The van der Waals surface area contributed by atoms with Crippen LogP contribution in [0.1, 0.15) is 10.5 Å². The zero-order valence-corrected chi connectivity index (χ0v) is 12.1. The van der Waals surface area contributed by atoms with Gasteiger partial charge in [-0.1, -0.05) is 12.6 Å². The molecular weight excluding hydrogens is 296 g/mol. The van der Waals surface area contributed by atoms with E-state index in [9.17, 15) is 14.4 Å². The van der Waals surface area contributed by atoms with E-state index in [1.54, 1.807) is 36.6 Å². The Morgan fingerprint density at radius 1 is 1.22 bits per heavy atom. The Bertz CT molecular complexity index is 731. The van der Waals surface area contributed by atoms with Crippen molar-refractivity contribution in [1.82, 2.24) is 9.97 Å². The molecule has 2 amide bonds. The first kappa shape index (κ1) is 16.0. The van der Waals surface area contributed by atoms with Crippen LogP contribution in [0, 0.1) is 0 Å². The highest BCUT2D eigenvalue weighted by Crippen LogP contribution is 2.23. The van der Waals surface area contributed by atoms with Gasteiger partial charge < -0.3 is 5.32 Å². The van der Waals surface area contributed by atoms with Gasteiger partial charge in [-0.15, -0.1) is 0 Å². The van der Waals surface area contributed by atoms with Gasteiger partial charge in [-0.2, -0.15) is 0 Å². The summed E-state index contributed by atoms with van der Waals surface area (Å²) in [6.45, 7) is 3.06. The highest BCUT2D eigenvalue weighted by Gasteiger charge is 2.19. The molecule has 0 atom stereocenters. The van der Waals surface area contributed by atoms with Gasteiger partial charge in [-0.25, -0.2) is 4.98 Å². The molecule has 2 aromatic rings. The number of hydrogen-bond acceptors (Lipinski definition) is 5. The lowest BCUT2D eigenvalue weighted by Gasteiger charge is -2.20. The predicted octanol–water partition coefficient (Wildman–Crippen LogP) is 1.36. The third-order valence-corrected chi connectivity index (χ3v) is 2.85. The first-order chi connectivity index (χ1) is 11.2. The van der Waals surface area contributed by atoms with Crippen LogP contribution in [-0.2, 0) is 9.59 Å². The predicted molar refractivity (Wildman–Crippen MR) is 84.7 cm³/mol. The Labute approximate surface area is 132 Å². The van der Waals surface area contributed by atoms with E-state index in [0.717, 1.165) is 11.0 Å². The maximum atomic E-state index is 12.2. The summed E-state index contributed by atoms with van der Waals surface area (Å²) in [5.41, 5.74) is 0.486. The second-order valence-corrected chi connectivity index (χ2v) is 4.32. The molecule has 2 aromatic heterocycles. The van der Waals surface area contributed by atoms with E-state index >= 15 is 0 Å². The van der Waals surface area contributed by atoms with Gasteiger partial charge in [0.1, 0.15) is 5.69 Å². The van der Waals surface area contributed by atoms with Crippen molar-refractivity contribution in [2.24, 2.45) is 0 Å². The van der Waals surface area contributed by atoms with Crippen LogP contribution < -0.4 is 10.2 Å². The number of hydrogen-bond donors (Lipinski definition) is 1. The van der Waals surface area contributed by atoms with Gasteiger partial charge in [0.05, 0.1) is 12.2 Å². The first-order valence-electron chi connectivity index (χ1n) is 6.63. The third-order valence-electron chi connectivity index (χ3n) is 2.85. The number of pyridine rings is 2. The third kappa shape index (κ3) is 3.85. The van der Waals surface area contributed by atoms with E-state index in [-0.39, 0.29) is 23.7 Å². The Balaban J connectivity index is 2.33. The minimum absolute atomic E-state index is 0.130. The summed E-state index contributed by atoms with van der Waals surface area (Å²) >= 11 is 0. The number of amides is 2. The van der Waals surface area contributed by atoms with Crippen LogP contribution in [0.2, 0.25) is 0 Å². The monoisotopic (exact) mass is 309 g/mol. The number of nitrogens with zero attached hydrogens (tertiary/aromatic N) is 3.